The highest BCUT2D eigenvalue weighted by Crippen LogP contribution is 2.15. The molecule has 0 bridgehead atoms. The van der Waals surface area contributed by atoms with Gasteiger partial charge in [0.15, 0.2) is 0 Å². The van der Waals surface area contributed by atoms with Crippen LogP contribution in [0.2, 0.25) is 5.82 Å². The summed E-state index contributed by atoms with van der Waals surface area (Å²) in [5.74, 6) is -0.0139. The van der Waals surface area contributed by atoms with Crippen molar-refractivity contribution in [1.82, 2.24) is 5.32 Å². The Morgan fingerprint density at radius 3 is 2.78 bits per heavy atom. The van der Waals surface area contributed by atoms with Crippen LogP contribution >= 0.6 is 0 Å². The highest BCUT2D eigenvalue weighted by molar-refractivity contribution is 6.12. The summed E-state index contributed by atoms with van der Waals surface area (Å²) in [6, 6.07) is 0. The van der Waals surface area contributed by atoms with Crippen LogP contribution in [0.3, 0.4) is 0 Å². The molecular weight excluding hydrogens is 113 g/mol. The maximum atomic E-state index is 9.19. The van der Waals surface area contributed by atoms with Crippen molar-refractivity contribution in [1.29, 1.82) is 0 Å². The topological polar surface area (TPSA) is 32.3 Å². The molecule has 2 atom stereocenters. The Morgan fingerprint density at radius 1 is 1.33 bits per heavy atom. The van der Waals surface area contributed by atoms with Gasteiger partial charge in [0.2, 0.25) is 0 Å². The molecule has 0 saturated carbocycles. The van der Waals surface area contributed by atoms with Gasteiger partial charge >= 0.3 is 0 Å². The maximum Gasteiger partial charge on any atom is 0.0735 e. The van der Waals surface area contributed by atoms with Gasteiger partial charge in [-0.3, -0.25) is 0 Å². The van der Waals surface area contributed by atoms with Crippen LogP contribution in [-0.4, -0.2) is 32.1 Å². The molecule has 1 aliphatic heterocycles. The molecule has 0 aromatic heterocycles. The second kappa shape index (κ2) is 3.23. The molecule has 50 valence electrons. The standard InChI is InChI=1S/C6H12BNO/c7-5-1-3-8-4-2-6(5)9/h5-6,8-9H,1-4H2/t5?,6-/m0/s1. The largest absolute Gasteiger partial charge is 0.394 e. The number of nitrogens with one attached hydrogen (secondary N) is 1. The zero-order valence-electron chi connectivity index (χ0n) is 5.51. The Hall–Kier alpha value is -0.0151. The van der Waals surface area contributed by atoms with Crippen molar-refractivity contribution in [3.05, 3.63) is 0 Å². The van der Waals surface area contributed by atoms with Gasteiger partial charge in [-0.05, 0) is 25.9 Å². The van der Waals surface area contributed by atoms with Crippen molar-refractivity contribution >= 4 is 7.85 Å². The molecule has 1 fully saturated rings. The minimum Gasteiger partial charge on any atom is -0.394 e. The van der Waals surface area contributed by atoms with E-state index in [-0.39, 0.29) is 11.9 Å². The summed E-state index contributed by atoms with van der Waals surface area (Å²) < 4.78 is 0. The van der Waals surface area contributed by atoms with Crippen LogP contribution in [0.4, 0.5) is 0 Å². The van der Waals surface area contributed by atoms with Crippen LogP contribution in [0.5, 0.6) is 0 Å². The summed E-state index contributed by atoms with van der Waals surface area (Å²) in [5, 5.41) is 12.4. The van der Waals surface area contributed by atoms with Crippen LogP contribution < -0.4 is 5.32 Å². The Morgan fingerprint density at radius 2 is 2.00 bits per heavy atom. The van der Waals surface area contributed by atoms with E-state index in [9.17, 15) is 5.11 Å². The Kier molecular flexibility index (Phi) is 2.55. The van der Waals surface area contributed by atoms with Gasteiger partial charge < -0.3 is 10.4 Å². The summed E-state index contributed by atoms with van der Waals surface area (Å²) in [6.07, 6.45) is 1.39. The SMILES string of the molecule is [B]C1CCNCC[C@@H]1O. The molecule has 1 unspecified atom stereocenters. The lowest BCUT2D eigenvalue weighted by Gasteiger charge is -2.13. The minimum absolute atomic E-state index is 0.0139. The highest BCUT2D eigenvalue weighted by Gasteiger charge is 2.15. The molecule has 2 nitrogen and oxygen atoms in total. The van der Waals surface area contributed by atoms with E-state index in [0.29, 0.717) is 0 Å². The van der Waals surface area contributed by atoms with Crippen molar-refractivity contribution in [3.8, 4) is 0 Å². The lowest BCUT2D eigenvalue weighted by atomic mass is 9.79. The predicted octanol–water partition coefficient (Wildman–Crippen LogP) is -0.312. The lowest BCUT2D eigenvalue weighted by Crippen LogP contribution is -2.15. The van der Waals surface area contributed by atoms with Crippen LogP contribution in [0.1, 0.15) is 12.8 Å². The fourth-order valence-electron chi connectivity index (χ4n) is 1.05. The third-order valence-corrected chi connectivity index (χ3v) is 1.77. The number of aliphatic hydroxyl groups is 1. The summed E-state index contributed by atoms with van der Waals surface area (Å²) in [4.78, 5) is 0. The average molecular weight is 125 g/mol. The molecule has 1 saturated heterocycles. The van der Waals surface area contributed by atoms with Gasteiger partial charge in [-0.2, -0.15) is 0 Å². The fourth-order valence-corrected chi connectivity index (χ4v) is 1.05. The van der Waals surface area contributed by atoms with E-state index in [1.54, 1.807) is 0 Å². The number of hydrogen-bond donors (Lipinski definition) is 2. The van der Waals surface area contributed by atoms with E-state index >= 15 is 0 Å². The first-order valence-corrected chi connectivity index (χ1v) is 3.45. The molecule has 9 heavy (non-hydrogen) atoms. The molecule has 3 heteroatoms. The monoisotopic (exact) mass is 125 g/mol. The summed E-state index contributed by atoms with van der Waals surface area (Å²) in [5.41, 5.74) is 0. The molecule has 0 spiro atoms. The molecular formula is C6H12BNO. The molecule has 1 heterocycles. The zero-order chi connectivity index (χ0) is 6.69. The van der Waals surface area contributed by atoms with Gasteiger partial charge in [-0.1, -0.05) is 5.82 Å². The molecule has 0 aliphatic carbocycles. The third kappa shape index (κ3) is 1.99. The van der Waals surface area contributed by atoms with E-state index in [1.807, 2.05) is 0 Å². The van der Waals surface area contributed by atoms with Crippen LogP contribution in [0.15, 0.2) is 0 Å². The van der Waals surface area contributed by atoms with E-state index < -0.39 is 0 Å². The normalized spacial score (nSPS) is 37.9. The maximum absolute atomic E-state index is 9.19. The second-order valence-electron chi connectivity index (χ2n) is 2.56. The smallest absolute Gasteiger partial charge is 0.0735 e. The predicted molar refractivity (Wildman–Crippen MR) is 37.6 cm³/mol. The molecule has 0 aromatic carbocycles. The molecule has 0 amide bonds. The van der Waals surface area contributed by atoms with Gasteiger partial charge in [0.05, 0.1) is 14.0 Å². The van der Waals surface area contributed by atoms with Crippen molar-refractivity contribution in [3.63, 3.8) is 0 Å². The van der Waals surface area contributed by atoms with Crippen molar-refractivity contribution in [2.24, 2.45) is 0 Å². The van der Waals surface area contributed by atoms with Gasteiger partial charge in [0.1, 0.15) is 0 Å². The molecule has 2 N–H and O–H groups in total. The summed E-state index contributed by atoms with van der Waals surface area (Å²) >= 11 is 0. The quantitative estimate of drug-likeness (QED) is 0.435. The molecule has 1 rings (SSSR count). The first-order chi connectivity index (χ1) is 4.30. The molecule has 1 aliphatic rings. The second-order valence-corrected chi connectivity index (χ2v) is 2.56. The summed E-state index contributed by atoms with van der Waals surface area (Å²) in [7, 11) is 5.59. The first-order valence-electron chi connectivity index (χ1n) is 3.45. The minimum atomic E-state index is -0.292. The molecule has 0 aromatic rings. The van der Waals surface area contributed by atoms with Crippen molar-refractivity contribution < 1.29 is 5.11 Å². The van der Waals surface area contributed by atoms with Crippen LogP contribution in [-0.2, 0) is 0 Å². The third-order valence-electron chi connectivity index (χ3n) is 1.77. The number of aliphatic hydroxyl groups excluding tert-OH is 1. The van der Waals surface area contributed by atoms with Crippen LogP contribution in [0, 0.1) is 0 Å². The summed E-state index contributed by atoms with van der Waals surface area (Å²) in [6.45, 7) is 1.84. The molecule has 2 radical (unpaired) electrons. The van der Waals surface area contributed by atoms with Gasteiger partial charge in [0, 0.05) is 0 Å². The highest BCUT2D eigenvalue weighted by atomic mass is 16.3. The average Bonchev–Trinajstić information content (AvgIpc) is 1.99. The van der Waals surface area contributed by atoms with Gasteiger partial charge in [-0.25, -0.2) is 0 Å². The van der Waals surface area contributed by atoms with Crippen molar-refractivity contribution in [2.75, 3.05) is 13.1 Å². The van der Waals surface area contributed by atoms with E-state index in [4.69, 9.17) is 7.85 Å². The van der Waals surface area contributed by atoms with E-state index in [1.165, 1.54) is 0 Å². The Balaban J connectivity index is 2.32. The van der Waals surface area contributed by atoms with Crippen LogP contribution in [0.25, 0.3) is 0 Å². The zero-order valence-corrected chi connectivity index (χ0v) is 5.51. The fraction of sp³-hybridized carbons (Fsp3) is 1.00. The van der Waals surface area contributed by atoms with E-state index in [0.717, 1.165) is 25.9 Å². The lowest BCUT2D eigenvalue weighted by molar-refractivity contribution is 0.162. The Bertz CT molecular complexity index is 79.1. The van der Waals surface area contributed by atoms with Crippen molar-refractivity contribution in [2.45, 2.75) is 24.8 Å². The number of rotatable bonds is 0. The van der Waals surface area contributed by atoms with E-state index in [2.05, 4.69) is 5.32 Å². The van der Waals surface area contributed by atoms with Gasteiger partial charge in [0.25, 0.3) is 0 Å². The first kappa shape index (κ1) is 7.10. The Labute approximate surface area is 57.1 Å². The number of hydrogen-bond acceptors (Lipinski definition) is 2. The van der Waals surface area contributed by atoms with Gasteiger partial charge in [-0.15, -0.1) is 0 Å².